The number of rotatable bonds is 1. The Hall–Kier alpha value is -1.85. The van der Waals surface area contributed by atoms with Gasteiger partial charge >= 0.3 is 0 Å². The molecule has 0 spiro atoms. The second-order valence-corrected chi connectivity index (χ2v) is 6.39. The molecular formula is C15H21N5O. The Bertz CT molecular complexity index is 614. The predicted octanol–water partition coefficient (Wildman–Crippen LogP) is 1.93. The number of H-pyrrole nitrogens is 1. The highest BCUT2D eigenvalue weighted by Crippen LogP contribution is 2.35. The fraction of sp³-hybridized carbons (Fsp3) is 0.667. The van der Waals surface area contributed by atoms with E-state index < -0.39 is 0 Å². The Morgan fingerprint density at radius 3 is 2.76 bits per heavy atom. The number of aromatic amines is 1. The predicted molar refractivity (Wildman–Crippen MR) is 80.6 cm³/mol. The molecule has 1 atom stereocenters. The maximum absolute atomic E-state index is 12.4. The molecule has 4 rings (SSSR count). The van der Waals surface area contributed by atoms with Crippen molar-refractivity contribution in [1.29, 1.82) is 0 Å². The largest absolute Gasteiger partial charge is 0.336 e. The molecule has 1 unspecified atom stereocenters. The van der Waals surface area contributed by atoms with Crippen LogP contribution in [-0.4, -0.2) is 46.4 Å². The first-order valence-electron chi connectivity index (χ1n) is 7.85. The zero-order valence-corrected chi connectivity index (χ0v) is 12.6. The highest BCUT2D eigenvalue weighted by molar-refractivity contribution is 6.17. The van der Waals surface area contributed by atoms with Crippen LogP contribution in [0.4, 0.5) is 5.82 Å². The molecule has 6 nitrogen and oxygen atoms in total. The summed E-state index contributed by atoms with van der Waals surface area (Å²) >= 11 is 0. The van der Waals surface area contributed by atoms with Crippen LogP contribution >= 0.6 is 0 Å². The van der Waals surface area contributed by atoms with Crippen molar-refractivity contribution in [1.82, 2.24) is 14.9 Å². The van der Waals surface area contributed by atoms with E-state index in [1.807, 2.05) is 6.92 Å². The van der Waals surface area contributed by atoms with Crippen LogP contribution in [0.3, 0.4) is 0 Å². The summed E-state index contributed by atoms with van der Waals surface area (Å²) < 4.78 is 0. The smallest absolute Gasteiger partial charge is 0.280 e. The number of nitrogens with one attached hydrogen (secondary N) is 1. The fourth-order valence-electron chi connectivity index (χ4n) is 3.83. The van der Waals surface area contributed by atoms with E-state index in [4.69, 9.17) is 4.99 Å². The number of aliphatic imine (C=N–C) groups is 1. The second-order valence-electron chi connectivity index (χ2n) is 6.39. The van der Waals surface area contributed by atoms with Gasteiger partial charge in [0.25, 0.3) is 5.91 Å². The number of fused-ring (bicyclic) bond motifs is 3. The lowest BCUT2D eigenvalue weighted by molar-refractivity contribution is 0.0860. The average Bonchev–Trinajstić information content (AvgIpc) is 3.09. The summed E-state index contributed by atoms with van der Waals surface area (Å²) in [6, 6.07) is 0.304. The van der Waals surface area contributed by atoms with Crippen LogP contribution < -0.4 is 4.90 Å². The van der Waals surface area contributed by atoms with Gasteiger partial charge in [0.2, 0.25) is 5.96 Å². The van der Waals surface area contributed by atoms with Crippen LogP contribution in [0.15, 0.2) is 4.99 Å². The Labute approximate surface area is 124 Å². The van der Waals surface area contributed by atoms with Crippen LogP contribution in [0.1, 0.15) is 48.4 Å². The first kappa shape index (κ1) is 12.9. The SMILES string of the molecule is Cc1nc2c([nH]1)C(=O)N(C)C1=NC(C3CCCCC3)CN12. The van der Waals surface area contributed by atoms with Gasteiger partial charge in [-0.15, -0.1) is 0 Å². The lowest BCUT2D eigenvalue weighted by Gasteiger charge is -2.30. The summed E-state index contributed by atoms with van der Waals surface area (Å²) in [4.78, 5) is 28.6. The molecule has 0 bridgehead atoms. The Morgan fingerprint density at radius 2 is 2.00 bits per heavy atom. The van der Waals surface area contributed by atoms with Crippen molar-refractivity contribution < 1.29 is 4.79 Å². The minimum absolute atomic E-state index is 0.0371. The summed E-state index contributed by atoms with van der Waals surface area (Å²) in [6.07, 6.45) is 6.50. The summed E-state index contributed by atoms with van der Waals surface area (Å²) in [5, 5.41) is 0. The monoisotopic (exact) mass is 287 g/mol. The van der Waals surface area contributed by atoms with Crippen LogP contribution in [0, 0.1) is 12.8 Å². The van der Waals surface area contributed by atoms with E-state index in [9.17, 15) is 4.79 Å². The van der Waals surface area contributed by atoms with Gasteiger partial charge < -0.3 is 4.98 Å². The zero-order chi connectivity index (χ0) is 14.6. The molecule has 1 aromatic heterocycles. The molecule has 1 saturated carbocycles. The molecule has 0 radical (unpaired) electrons. The number of hydrogen-bond acceptors (Lipinski definition) is 4. The minimum Gasteiger partial charge on any atom is -0.336 e. The van der Waals surface area contributed by atoms with E-state index in [0.29, 0.717) is 17.7 Å². The molecule has 21 heavy (non-hydrogen) atoms. The summed E-state index contributed by atoms with van der Waals surface area (Å²) in [5.41, 5.74) is 0.596. The Balaban J connectivity index is 1.68. The topological polar surface area (TPSA) is 64.6 Å². The van der Waals surface area contributed by atoms with Crippen molar-refractivity contribution in [3.8, 4) is 0 Å². The summed E-state index contributed by atoms with van der Waals surface area (Å²) in [6.45, 7) is 2.74. The van der Waals surface area contributed by atoms with E-state index in [1.54, 1.807) is 11.9 Å². The molecule has 1 N–H and O–H groups in total. The van der Waals surface area contributed by atoms with Gasteiger partial charge in [0.1, 0.15) is 11.5 Å². The van der Waals surface area contributed by atoms with E-state index in [0.717, 1.165) is 24.1 Å². The maximum Gasteiger partial charge on any atom is 0.280 e. The molecule has 1 fully saturated rings. The molecule has 3 heterocycles. The number of carbonyl (C=O) groups is 1. The van der Waals surface area contributed by atoms with Gasteiger partial charge in [0.15, 0.2) is 5.82 Å². The van der Waals surface area contributed by atoms with Crippen LogP contribution in [0.2, 0.25) is 0 Å². The summed E-state index contributed by atoms with van der Waals surface area (Å²) in [7, 11) is 1.80. The minimum atomic E-state index is -0.0371. The third-order valence-corrected chi connectivity index (χ3v) is 4.96. The van der Waals surface area contributed by atoms with Gasteiger partial charge in [-0.1, -0.05) is 19.3 Å². The average molecular weight is 287 g/mol. The fourth-order valence-corrected chi connectivity index (χ4v) is 3.83. The highest BCUT2D eigenvalue weighted by Gasteiger charge is 2.42. The lowest BCUT2D eigenvalue weighted by atomic mass is 9.84. The number of hydrogen-bond donors (Lipinski definition) is 1. The zero-order valence-electron chi connectivity index (χ0n) is 12.6. The van der Waals surface area contributed by atoms with Gasteiger partial charge in [0, 0.05) is 7.05 Å². The van der Waals surface area contributed by atoms with Crippen molar-refractivity contribution in [3.05, 3.63) is 11.5 Å². The number of nitrogens with zero attached hydrogens (tertiary/aromatic N) is 4. The first-order valence-corrected chi connectivity index (χ1v) is 7.85. The van der Waals surface area contributed by atoms with Crippen molar-refractivity contribution in [2.75, 3.05) is 18.5 Å². The van der Waals surface area contributed by atoms with Crippen LogP contribution in [0.5, 0.6) is 0 Å². The van der Waals surface area contributed by atoms with Gasteiger partial charge in [-0.25, -0.2) is 9.98 Å². The van der Waals surface area contributed by atoms with Crippen molar-refractivity contribution in [3.63, 3.8) is 0 Å². The first-order chi connectivity index (χ1) is 10.1. The third-order valence-electron chi connectivity index (χ3n) is 4.96. The van der Waals surface area contributed by atoms with Gasteiger partial charge in [-0.05, 0) is 25.7 Å². The summed E-state index contributed by atoms with van der Waals surface area (Å²) in [5.74, 6) is 2.93. The van der Waals surface area contributed by atoms with E-state index >= 15 is 0 Å². The molecule has 6 heteroatoms. The number of imidazole rings is 1. The van der Waals surface area contributed by atoms with Crippen molar-refractivity contribution >= 4 is 17.7 Å². The maximum atomic E-state index is 12.4. The highest BCUT2D eigenvalue weighted by atomic mass is 16.2. The molecule has 2 aliphatic heterocycles. The number of guanidine groups is 1. The molecule has 0 saturated heterocycles. The number of anilines is 1. The van der Waals surface area contributed by atoms with E-state index in [2.05, 4.69) is 14.9 Å². The standard InChI is InChI=1S/C15H21N5O/c1-9-16-12-13(17-9)20-8-11(10-6-4-3-5-7-10)18-15(20)19(2)14(12)21/h10-11H,3-8H2,1-2H3,(H,16,17). The number of carbonyl (C=O) groups excluding carboxylic acids is 1. The molecule has 0 aromatic carbocycles. The molecule has 112 valence electrons. The molecule has 1 aromatic rings. The molecule has 1 aliphatic carbocycles. The Morgan fingerprint density at radius 1 is 1.24 bits per heavy atom. The van der Waals surface area contributed by atoms with Crippen molar-refractivity contribution in [2.45, 2.75) is 45.1 Å². The molecule has 1 amide bonds. The van der Waals surface area contributed by atoms with Crippen LogP contribution in [0.25, 0.3) is 0 Å². The third kappa shape index (κ3) is 1.88. The Kier molecular flexibility index (Phi) is 2.80. The van der Waals surface area contributed by atoms with Crippen LogP contribution in [-0.2, 0) is 0 Å². The number of amides is 1. The van der Waals surface area contributed by atoms with E-state index in [-0.39, 0.29) is 5.91 Å². The lowest BCUT2D eigenvalue weighted by Crippen LogP contribution is -2.48. The second kappa shape index (κ2) is 4.58. The van der Waals surface area contributed by atoms with Crippen molar-refractivity contribution in [2.24, 2.45) is 10.9 Å². The number of aryl methyl sites for hydroxylation is 1. The van der Waals surface area contributed by atoms with Gasteiger partial charge in [-0.2, -0.15) is 0 Å². The van der Waals surface area contributed by atoms with Gasteiger partial charge in [0.05, 0.1) is 12.6 Å². The molecule has 3 aliphatic rings. The van der Waals surface area contributed by atoms with E-state index in [1.165, 1.54) is 32.1 Å². The quantitative estimate of drug-likeness (QED) is 0.858. The molecular weight excluding hydrogens is 266 g/mol. The number of aromatic nitrogens is 2. The van der Waals surface area contributed by atoms with Gasteiger partial charge in [-0.3, -0.25) is 14.6 Å². The normalized spacial score (nSPS) is 25.9.